The van der Waals surface area contributed by atoms with Crippen molar-refractivity contribution >= 4 is 17.6 Å². The van der Waals surface area contributed by atoms with Crippen LogP contribution in [0.1, 0.15) is 37.6 Å². The van der Waals surface area contributed by atoms with E-state index in [2.05, 4.69) is 0 Å². The number of ketones is 1. The number of hydrogen-bond donors (Lipinski definition) is 1. The summed E-state index contributed by atoms with van der Waals surface area (Å²) in [6.07, 6.45) is -1.82. The van der Waals surface area contributed by atoms with Crippen molar-refractivity contribution in [2.45, 2.75) is 38.9 Å². The number of piperidine rings is 1. The first-order valence-corrected chi connectivity index (χ1v) is 8.24. The topological polar surface area (TPSA) is 110 Å². The summed E-state index contributed by atoms with van der Waals surface area (Å²) in [5.41, 5.74) is -2.57. The maximum atomic E-state index is 14.1. The highest BCUT2D eigenvalue weighted by atomic mass is 19.1. The maximum Gasteiger partial charge on any atom is 0.410 e. The SMILES string of the molecule is CC(C)(C)OC(=O)N1CCC(O)C(C(=O)c2cc(F)c([N+](=O)[O-])cc2F)C1. The summed E-state index contributed by atoms with van der Waals surface area (Å²) in [6, 6.07) is 0.762. The van der Waals surface area contributed by atoms with Crippen LogP contribution in [0.4, 0.5) is 19.3 Å². The number of rotatable bonds is 3. The molecule has 1 saturated heterocycles. The lowest BCUT2D eigenvalue weighted by Crippen LogP contribution is -2.50. The minimum Gasteiger partial charge on any atom is -0.444 e. The fraction of sp³-hybridized carbons (Fsp3) is 0.529. The Hall–Kier alpha value is -2.62. The van der Waals surface area contributed by atoms with Crippen LogP contribution in [0, 0.1) is 27.7 Å². The molecule has 0 saturated carbocycles. The second-order valence-corrected chi connectivity index (χ2v) is 7.29. The number of carbonyl (C=O) groups excluding carboxylic acids is 2. The summed E-state index contributed by atoms with van der Waals surface area (Å²) in [6.45, 7) is 4.90. The highest BCUT2D eigenvalue weighted by molar-refractivity contribution is 5.99. The van der Waals surface area contributed by atoms with Gasteiger partial charge in [0.15, 0.2) is 5.78 Å². The molecule has 1 aromatic carbocycles. The molecular formula is C17H20F2N2O6. The highest BCUT2D eigenvalue weighted by Crippen LogP contribution is 2.27. The van der Waals surface area contributed by atoms with Crippen molar-refractivity contribution in [3.05, 3.63) is 39.4 Å². The Bertz CT molecular complexity index is 777. The molecule has 148 valence electrons. The number of ether oxygens (including phenoxy) is 1. The molecule has 2 unspecified atom stereocenters. The monoisotopic (exact) mass is 386 g/mol. The van der Waals surface area contributed by atoms with Gasteiger partial charge in [-0.05, 0) is 33.3 Å². The van der Waals surface area contributed by atoms with Crippen molar-refractivity contribution in [1.29, 1.82) is 0 Å². The van der Waals surface area contributed by atoms with E-state index in [9.17, 15) is 33.6 Å². The number of aliphatic hydroxyl groups is 1. The van der Waals surface area contributed by atoms with Gasteiger partial charge in [-0.25, -0.2) is 9.18 Å². The van der Waals surface area contributed by atoms with Crippen molar-refractivity contribution in [3.63, 3.8) is 0 Å². The normalized spacial score (nSPS) is 20.3. The molecule has 1 heterocycles. The summed E-state index contributed by atoms with van der Waals surface area (Å²) in [5, 5.41) is 20.8. The van der Waals surface area contributed by atoms with Gasteiger partial charge in [-0.1, -0.05) is 0 Å². The molecule has 10 heteroatoms. The van der Waals surface area contributed by atoms with Gasteiger partial charge in [0.2, 0.25) is 5.82 Å². The van der Waals surface area contributed by atoms with Crippen molar-refractivity contribution in [2.75, 3.05) is 13.1 Å². The predicted octanol–water partition coefficient (Wildman–Crippen LogP) is 2.67. The summed E-state index contributed by atoms with van der Waals surface area (Å²) in [4.78, 5) is 35.5. The summed E-state index contributed by atoms with van der Waals surface area (Å²) in [7, 11) is 0. The molecule has 1 N–H and O–H groups in total. The van der Waals surface area contributed by atoms with Gasteiger partial charge in [-0.2, -0.15) is 4.39 Å². The molecule has 2 atom stereocenters. The molecule has 8 nitrogen and oxygen atoms in total. The van der Waals surface area contributed by atoms with E-state index < -0.39 is 57.3 Å². The molecule has 0 bridgehead atoms. The molecule has 0 aromatic heterocycles. The van der Waals surface area contributed by atoms with E-state index in [0.29, 0.717) is 12.1 Å². The number of carbonyl (C=O) groups is 2. The van der Waals surface area contributed by atoms with Crippen molar-refractivity contribution in [1.82, 2.24) is 4.90 Å². The maximum absolute atomic E-state index is 14.1. The molecule has 1 amide bonds. The lowest BCUT2D eigenvalue weighted by molar-refractivity contribution is -0.387. The van der Waals surface area contributed by atoms with Crippen LogP contribution in [-0.4, -0.2) is 51.6 Å². The van der Waals surface area contributed by atoms with E-state index in [4.69, 9.17) is 4.74 Å². The molecule has 0 spiro atoms. The number of nitrogens with zero attached hydrogens (tertiary/aromatic N) is 2. The van der Waals surface area contributed by atoms with Crippen LogP contribution in [-0.2, 0) is 4.74 Å². The van der Waals surface area contributed by atoms with E-state index in [0.717, 1.165) is 0 Å². The molecule has 1 fully saturated rings. The minimum absolute atomic E-state index is 0.0483. The Morgan fingerprint density at radius 2 is 1.93 bits per heavy atom. The van der Waals surface area contributed by atoms with Crippen LogP contribution in [0.5, 0.6) is 0 Å². The third-order valence-corrected chi connectivity index (χ3v) is 4.06. The fourth-order valence-electron chi connectivity index (χ4n) is 2.75. The van der Waals surface area contributed by atoms with Crippen molar-refractivity contribution in [2.24, 2.45) is 5.92 Å². The second-order valence-electron chi connectivity index (χ2n) is 7.29. The van der Waals surface area contributed by atoms with E-state index in [-0.39, 0.29) is 19.5 Å². The zero-order chi connectivity index (χ0) is 20.5. The van der Waals surface area contributed by atoms with Crippen molar-refractivity contribution in [3.8, 4) is 0 Å². The van der Waals surface area contributed by atoms with Gasteiger partial charge < -0.3 is 14.7 Å². The van der Waals surface area contributed by atoms with E-state index in [1.807, 2.05) is 0 Å². The first-order chi connectivity index (χ1) is 12.4. The summed E-state index contributed by atoms with van der Waals surface area (Å²) >= 11 is 0. The van der Waals surface area contributed by atoms with Crippen LogP contribution < -0.4 is 0 Å². The van der Waals surface area contributed by atoms with Crippen LogP contribution in [0.25, 0.3) is 0 Å². The molecule has 27 heavy (non-hydrogen) atoms. The number of amides is 1. The van der Waals surface area contributed by atoms with Gasteiger partial charge in [0.25, 0.3) is 0 Å². The number of aliphatic hydroxyl groups excluding tert-OH is 1. The van der Waals surface area contributed by atoms with Crippen LogP contribution in [0.3, 0.4) is 0 Å². The molecule has 1 aliphatic rings. The van der Waals surface area contributed by atoms with E-state index in [1.54, 1.807) is 20.8 Å². The number of hydrogen-bond acceptors (Lipinski definition) is 6. The zero-order valence-corrected chi connectivity index (χ0v) is 15.1. The third-order valence-electron chi connectivity index (χ3n) is 4.06. The Labute approximate surface area is 153 Å². The van der Waals surface area contributed by atoms with Crippen LogP contribution in [0.2, 0.25) is 0 Å². The number of halogens is 2. The number of likely N-dealkylation sites (tertiary alicyclic amines) is 1. The van der Waals surface area contributed by atoms with Gasteiger partial charge in [0, 0.05) is 13.1 Å². The van der Waals surface area contributed by atoms with E-state index >= 15 is 0 Å². The molecule has 2 rings (SSSR count). The average Bonchev–Trinajstić information content (AvgIpc) is 2.54. The predicted molar refractivity (Wildman–Crippen MR) is 89.3 cm³/mol. The van der Waals surface area contributed by atoms with Crippen molar-refractivity contribution < 1.29 is 33.1 Å². The summed E-state index contributed by atoms with van der Waals surface area (Å²) in [5.74, 6) is -4.78. The van der Waals surface area contributed by atoms with Gasteiger partial charge in [0.05, 0.1) is 28.6 Å². The smallest absolute Gasteiger partial charge is 0.410 e. The Morgan fingerprint density at radius 1 is 1.30 bits per heavy atom. The fourth-order valence-corrected chi connectivity index (χ4v) is 2.75. The van der Waals surface area contributed by atoms with Gasteiger partial charge >= 0.3 is 11.8 Å². The van der Waals surface area contributed by atoms with Gasteiger partial charge in [0.1, 0.15) is 11.4 Å². The lowest BCUT2D eigenvalue weighted by Gasteiger charge is -2.36. The Morgan fingerprint density at radius 3 is 2.48 bits per heavy atom. The van der Waals surface area contributed by atoms with Gasteiger partial charge in [-0.3, -0.25) is 14.9 Å². The van der Waals surface area contributed by atoms with Gasteiger partial charge in [-0.15, -0.1) is 0 Å². The minimum atomic E-state index is -1.36. The highest BCUT2D eigenvalue weighted by Gasteiger charge is 2.38. The Kier molecular flexibility index (Phi) is 5.79. The summed E-state index contributed by atoms with van der Waals surface area (Å²) < 4.78 is 33.1. The Balaban J connectivity index is 2.25. The first-order valence-electron chi connectivity index (χ1n) is 8.24. The number of Topliss-reactive ketones (excluding diaryl/α,β-unsaturated/α-hetero) is 1. The first kappa shape index (κ1) is 20.7. The van der Waals surface area contributed by atoms with Crippen LogP contribution >= 0.6 is 0 Å². The average molecular weight is 386 g/mol. The molecular weight excluding hydrogens is 366 g/mol. The molecule has 0 aliphatic carbocycles. The quantitative estimate of drug-likeness (QED) is 0.486. The number of nitro groups is 1. The number of benzene rings is 1. The third kappa shape index (κ3) is 4.76. The second kappa shape index (κ2) is 7.55. The zero-order valence-electron chi connectivity index (χ0n) is 15.1. The molecule has 1 aromatic rings. The molecule has 1 aliphatic heterocycles. The largest absolute Gasteiger partial charge is 0.444 e. The van der Waals surface area contributed by atoms with Crippen LogP contribution in [0.15, 0.2) is 12.1 Å². The lowest BCUT2D eigenvalue weighted by atomic mass is 9.87. The standard InChI is InChI=1S/C17H20F2N2O6/c1-17(2,3)27-16(24)20-5-4-14(22)10(8-20)15(23)9-6-12(19)13(21(25)26)7-11(9)18/h6-7,10,14,22H,4-5,8H2,1-3H3. The number of nitro benzene ring substituents is 1. The molecule has 0 radical (unpaired) electrons. The van der Waals surface area contributed by atoms with E-state index in [1.165, 1.54) is 4.90 Å².